The number of nitrogens with zero attached hydrogens (tertiary/aromatic N) is 1. The van der Waals surface area contributed by atoms with Crippen molar-refractivity contribution in [3.05, 3.63) is 113 Å². The summed E-state index contributed by atoms with van der Waals surface area (Å²) in [7, 11) is 1.55. The molecule has 0 spiro atoms. The minimum Gasteiger partial charge on any atom is -0.455 e. The zero-order valence-corrected chi connectivity index (χ0v) is 22.0. The van der Waals surface area contributed by atoms with Crippen LogP contribution in [0.2, 0.25) is 0 Å². The van der Waals surface area contributed by atoms with E-state index in [9.17, 15) is 18.4 Å². The number of furan rings is 1. The molecule has 1 aromatic heterocycles. The largest absolute Gasteiger partial charge is 0.455 e. The Bertz CT molecular complexity index is 1750. The third-order valence-electron chi connectivity index (χ3n) is 7.28. The van der Waals surface area contributed by atoms with E-state index in [1.54, 1.807) is 48.3 Å². The van der Waals surface area contributed by atoms with Gasteiger partial charge >= 0.3 is 0 Å². The van der Waals surface area contributed by atoms with E-state index in [0.29, 0.717) is 39.1 Å². The molecular weight excluding hydrogens is 510 g/mol. The van der Waals surface area contributed by atoms with E-state index in [4.69, 9.17) is 4.42 Å². The van der Waals surface area contributed by atoms with Gasteiger partial charge in [-0.15, -0.1) is 0 Å². The first kappa shape index (κ1) is 25.5. The lowest BCUT2D eigenvalue weighted by Crippen LogP contribution is -2.33. The number of hydrogen-bond donors (Lipinski definition) is 1. The van der Waals surface area contributed by atoms with Gasteiger partial charge in [-0.25, -0.2) is 8.78 Å². The molecule has 0 aliphatic heterocycles. The zero-order valence-electron chi connectivity index (χ0n) is 22.0. The van der Waals surface area contributed by atoms with Crippen molar-refractivity contribution in [2.24, 2.45) is 0 Å². The summed E-state index contributed by atoms with van der Waals surface area (Å²) in [6, 6.07) is 23.0. The molecule has 200 valence electrons. The summed E-state index contributed by atoms with van der Waals surface area (Å²) < 4.78 is 33.2. The standard InChI is InChI=1S/C33H26F2N2O3/c1-19-3-4-22(33(39)37(26-14-15-26)25-12-10-24(35)11-13-25)18-27(19)21-7-16-29-28(17-21)30(32(38)36-2)31(40-29)20-5-8-23(34)9-6-20/h3-13,16-18,26H,14-15H2,1-2H3,(H,36,38). The molecular formula is C33H26F2N2O3. The number of benzene rings is 4. The fourth-order valence-electron chi connectivity index (χ4n) is 5.05. The highest BCUT2D eigenvalue weighted by molar-refractivity contribution is 6.12. The predicted molar refractivity (Wildman–Crippen MR) is 151 cm³/mol. The van der Waals surface area contributed by atoms with Gasteiger partial charge in [0.1, 0.15) is 23.0 Å². The second kappa shape index (κ2) is 10.1. The number of carbonyl (C=O) groups is 2. The average Bonchev–Trinajstić information content (AvgIpc) is 3.73. The molecule has 5 nitrogen and oxygen atoms in total. The van der Waals surface area contributed by atoms with E-state index in [-0.39, 0.29) is 29.5 Å². The number of halogens is 2. The number of anilines is 1. The summed E-state index contributed by atoms with van der Waals surface area (Å²) in [6.07, 6.45) is 1.80. The Morgan fingerprint density at radius 1 is 0.850 bits per heavy atom. The topological polar surface area (TPSA) is 62.6 Å². The molecule has 1 fully saturated rings. The number of fused-ring (bicyclic) bond motifs is 1. The second-order valence-electron chi connectivity index (χ2n) is 10.0. The van der Waals surface area contributed by atoms with Crippen LogP contribution in [0.15, 0.2) is 89.3 Å². The van der Waals surface area contributed by atoms with Gasteiger partial charge in [0, 0.05) is 35.3 Å². The smallest absolute Gasteiger partial charge is 0.258 e. The number of hydrogen-bond acceptors (Lipinski definition) is 3. The Morgan fingerprint density at radius 3 is 2.15 bits per heavy atom. The molecule has 1 aliphatic carbocycles. The molecule has 1 heterocycles. The highest BCUT2D eigenvalue weighted by Crippen LogP contribution is 2.38. The van der Waals surface area contributed by atoms with Crippen LogP contribution in [0, 0.1) is 18.6 Å². The minimum absolute atomic E-state index is 0.0880. The SMILES string of the molecule is CNC(=O)c1c(-c2ccc(F)cc2)oc2ccc(-c3cc(C(=O)N(c4ccc(F)cc4)C4CC4)ccc3C)cc12. The maximum Gasteiger partial charge on any atom is 0.258 e. The molecule has 0 saturated heterocycles. The van der Waals surface area contributed by atoms with Gasteiger partial charge in [0.25, 0.3) is 11.8 Å². The van der Waals surface area contributed by atoms with E-state index >= 15 is 0 Å². The van der Waals surface area contributed by atoms with Crippen LogP contribution in [-0.2, 0) is 0 Å². The molecule has 4 aromatic carbocycles. The first-order valence-electron chi connectivity index (χ1n) is 13.1. The Balaban J connectivity index is 1.43. The van der Waals surface area contributed by atoms with Crippen LogP contribution < -0.4 is 10.2 Å². The highest BCUT2D eigenvalue weighted by atomic mass is 19.1. The van der Waals surface area contributed by atoms with Crippen LogP contribution in [0.4, 0.5) is 14.5 Å². The van der Waals surface area contributed by atoms with Gasteiger partial charge in [0.2, 0.25) is 0 Å². The first-order valence-corrected chi connectivity index (χ1v) is 13.1. The maximum atomic E-state index is 13.7. The Hall–Kier alpha value is -4.78. The van der Waals surface area contributed by atoms with Crippen LogP contribution in [0.3, 0.4) is 0 Å². The number of aryl methyl sites for hydroxylation is 1. The summed E-state index contributed by atoms with van der Waals surface area (Å²) in [5.41, 5.74) is 5.25. The van der Waals surface area contributed by atoms with Crippen molar-refractivity contribution >= 4 is 28.5 Å². The Labute approximate surface area is 230 Å². The van der Waals surface area contributed by atoms with Crippen LogP contribution in [0.5, 0.6) is 0 Å². The zero-order chi connectivity index (χ0) is 28.0. The van der Waals surface area contributed by atoms with Crippen LogP contribution in [0.1, 0.15) is 39.1 Å². The number of carbonyl (C=O) groups excluding carboxylic acids is 2. The van der Waals surface area contributed by atoms with Crippen LogP contribution in [0.25, 0.3) is 33.4 Å². The fourth-order valence-corrected chi connectivity index (χ4v) is 5.05. The van der Waals surface area contributed by atoms with Crippen LogP contribution >= 0.6 is 0 Å². The van der Waals surface area contributed by atoms with Crippen molar-refractivity contribution in [2.45, 2.75) is 25.8 Å². The molecule has 0 unspecified atom stereocenters. The van der Waals surface area contributed by atoms with Crippen LogP contribution in [-0.4, -0.2) is 24.9 Å². The maximum absolute atomic E-state index is 13.7. The normalized spacial score (nSPS) is 12.9. The molecule has 5 aromatic rings. The molecule has 1 saturated carbocycles. The van der Waals surface area contributed by atoms with Gasteiger partial charge < -0.3 is 14.6 Å². The van der Waals surface area contributed by atoms with E-state index in [2.05, 4.69) is 5.32 Å². The summed E-state index contributed by atoms with van der Waals surface area (Å²) in [6.45, 7) is 1.96. The highest BCUT2D eigenvalue weighted by Gasteiger charge is 2.34. The lowest BCUT2D eigenvalue weighted by molar-refractivity contribution is 0.0962. The van der Waals surface area contributed by atoms with Crippen molar-refractivity contribution in [2.75, 3.05) is 11.9 Å². The molecule has 2 amide bonds. The van der Waals surface area contributed by atoms with E-state index < -0.39 is 0 Å². The van der Waals surface area contributed by atoms with Crippen molar-refractivity contribution in [1.82, 2.24) is 5.32 Å². The quantitative estimate of drug-likeness (QED) is 0.244. The number of amides is 2. The van der Waals surface area contributed by atoms with Crippen molar-refractivity contribution in [1.29, 1.82) is 0 Å². The summed E-state index contributed by atoms with van der Waals surface area (Å²) in [5.74, 6) is -0.850. The summed E-state index contributed by atoms with van der Waals surface area (Å²) in [4.78, 5) is 28.5. The van der Waals surface area contributed by atoms with Gasteiger partial charge in [-0.3, -0.25) is 9.59 Å². The van der Waals surface area contributed by atoms with Gasteiger partial charge in [-0.2, -0.15) is 0 Å². The van der Waals surface area contributed by atoms with Crippen molar-refractivity contribution in [3.63, 3.8) is 0 Å². The monoisotopic (exact) mass is 536 g/mol. The molecule has 7 heteroatoms. The lowest BCUT2D eigenvalue weighted by Gasteiger charge is -2.23. The molecule has 1 N–H and O–H groups in total. The van der Waals surface area contributed by atoms with E-state index in [1.165, 1.54) is 24.3 Å². The number of rotatable bonds is 6. The fraction of sp³-hybridized carbons (Fsp3) is 0.152. The molecule has 0 atom stereocenters. The van der Waals surface area contributed by atoms with Crippen molar-refractivity contribution in [3.8, 4) is 22.5 Å². The van der Waals surface area contributed by atoms with Gasteiger partial charge in [0.05, 0.1) is 5.56 Å². The van der Waals surface area contributed by atoms with Gasteiger partial charge in [-0.1, -0.05) is 12.1 Å². The molecule has 0 bridgehead atoms. The minimum atomic E-state index is -0.381. The molecule has 40 heavy (non-hydrogen) atoms. The first-order chi connectivity index (χ1) is 19.3. The van der Waals surface area contributed by atoms with E-state index in [1.807, 2.05) is 31.2 Å². The molecule has 0 radical (unpaired) electrons. The lowest BCUT2D eigenvalue weighted by atomic mass is 9.95. The molecule has 1 aliphatic rings. The van der Waals surface area contributed by atoms with Gasteiger partial charge in [-0.05, 0) is 109 Å². The summed E-state index contributed by atoms with van der Waals surface area (Å²) >= 11 is 0. The van der Waals surface area contributed by atoms with E-state index in [0.717, 1.165) is 29.5 Å². The molecule has 6 rings (SSSR count). The second-order valence-corrected chi connectivity index (χ2v) is 10.0. The third kappa shape index (κ3) is 4.64. The third-order valence-corrected chi connectivity index (χ3v) is 7.28. The Morgan fingerprint density at radius 2 is 1.50 bits per heavy atom. The summed E-state index contributed by atoms with van der Waals surface area (Å²) in [5, 5.41) is 3.29. The van der Waals surface area contributed by atoms with Crippen molar-refractivity contribution < 1.29 is 22.8 Å². The Kier molecular flexibility index (Phi) is 6.42. The predicted octanol–water partition coefficient (Wildman–Crippen LogP) is 7.52. The van der Waals surface area contributed by atoms with Gasteiger partial charge in [0.15, 0.2) is 0 Å². The average molecular weight is 537 g/mol. The number of nitrogens with one attached hydrogen (secondary N) is 1.